The Balaban J connectivity index is 2.61. The lowest BCUT2D eigenvalue weighted by molar-refractivity contribution is 0.112. The van der Waals surface area contributed by atoms with Crippen molar-refractivity contribution in [1.29, 1.82) is 0 Å². The van der Waals surface area contributed by atoms with Gasteiger partial charge in [0.1, 0.15) is 6.29 Å². The summed E-state index contributed by atoms with van der Waals surface area (Å²) < 4.78 is 0. The van der Waals surface area contributed by atoms with Crippen molar-refractivity contribution in [2.75, 3.05) is 0 Å². The molecule has 0 N–H and O–H groups in total. The topological polar surface area (TPSA) is 17.1 Å². The molecule has 80 valence electrons. The van der Waals surface area contributed by atoms with Gasteiger partial charge in [-0.25, -0.2) is 0 Å². The summed E-state index contributed by atoms with van der Waals surface area (Å²) in [4.78, 5) is 10.9. The minimum absolute atomic E-state index is 0.362. The Morgan fingerprint density at radius 3 is 2.47 bits per heavy atom. The van der Waals surface area contributed by atoms with Gasteiger partial charge < -0.3 is 0 Å². The smallest absolute Gasteiger partial charge is 0.150 e. The first kappa shape index (κ1) is 10.4. The second-order valence-corrected chi connectivity index (χ2v) is 5.49. The molecule has 0 saturated heterocycles. The minimum Gasteiger partial charge on any atom is -0.298 e. The Bertz CT molecular complexity index is 427. The van der Waals surface area contributed by atoms with Crippen molar-refractivity contribution in [3.63, 3.8) is 0 Å². The highest BCUT2D eigenvalue weighted by Crippen LogP contribution is 2.39. The number of carbonyl (C=O) groups excluding carboxylic acids is 1. The van der Waals surface area contributed by atoms with Crippen molar-refractivity contribution in [2.45, 2.75) is 40.5 Å². The zero-order valence-electron chi connectivity index (χ0n) is 9.98. The quantitative estimate of drug-likeness (QED) is 0.639. The second-order valence-electron chi connectivity index (χ2n) is 5.49. The van der Waals surface area contributed by atoms with Crippen molar-refractivity contribution in [3.8, 4) is 0 Å². The summed E-state index contributed by atoms with van der Waals surface area (Å²) >= 11 is 0. The third kappa shape index (κ3) is 1.60. The maximum Gasteiger partial charge on any atom is 0.150 e. The Hall–Kier alpha value is -1.11. The molecule has 0 spiro atoms. The van der Waals surface area contributed by atoms with Gasteiger partial charge in [0.15, 0.2) is 0 Å². The molecule has 1 aromatic rings. The van der Waals surface area contributed by atoms with Crippen LogP contribution in [-0.2, 0) is 12.8 Å². The van der Waals surface area contributed by atoms with Gasteiger partial charge in [-0.2, -0.15) is 0 Å². The fourth-order valence-electron chi connectivity index (χ4n) is 2.65. The SMILES string of the molecule is Cc1c(C=O)cc2c(c1C)CC(C)(C)C2. The number of hydrogen-bond donors (Lipinski definition) is 0. The van der Waals surface area contributed by atoms with Crippen molar-refractivity contribution in [1.82, 2.24) is 0 Å². The molecule has 2 rings (SSSR count). The Kier molecular flexibility index (Phi) is 2.22. The van der Waals surface area contributed by atoms with Crippen LogP contribution in [0.3, 0.4) is 0 Å². The number of fused-ring (bicyclic) bond motifs is 1. The maximum atomic E-state index is 10.9. The van der Waals surface area contributed by atoms with E-state index in [9.17, 15) is 4.79 Å². The van der Waals surface area contributed by atoms with Crippen LogP contribution in [0.15, 0.2) is 6.07 Å². The Labute approximate surface area is 91.5 Å². The van der Waals surface area contributed by atoms with Gasteiger partial charge in [-0.1, -0.05) is 13.8 Å². The molecule has 0 aromatic heterocycles. The summed E-state index contributed by atoms with van der Waals surface area (Å²) in [5.74, 6) is 0. The van der Waals surface area contributed by atoms with Crippen molar-refractivity contribution in [3.05, 3.63) is 33.9 Å². The average molecular weight is 202 g/mol. The van der Waals surface area contributed by atoms with E-state index in [0.29, 0.717) is 5.41 Å². The third-order valence-electron chi connectivity index (χ3n) is 3.62. The van der Waals surface area contributed by atoms with E-state index < -0.39 is 0 Å². The number of aldehydes is 1. The number of hydrogen-bond acceptors (Lipinski definition) is 1. The molecule has 15 heavy (non-hydrogen) atoms. The van der Waals surface area contributed by atoms with Gasteiger partial charge in [0.05, 0.1) is 0 Å². The fourth-order valence-corrected chi connectivity index (χ4v) is 2.65. The summed E-state index contributed by atoms with van der Waals surface area (Å²) in [6.45, 7) is 8.78. The normalized spacial score (nSPS) is 17.6. The van der Waals surface area contributed by atoms with Gasteiger partial charge in [-0.15, -0.1) is 0 Å². The average Bonchev–Trinajstić information content (AvgIpc) is 2.47. The van der Waals surface area contributed by atoms with E-state index in [1.54, 1.807) is 0 Å². The van der Waals surface area contributed by atoms with Crippen molar-refractivity contribution < 1.29 is 4.79 Å². The monoisotopic (exact) mass is 202 g/mol. The van der Waals surface area contributed by atoms with Crippen LogP contribution in [0.4, 0.5) is 0 Å². The second kappa shape index (κ2) is 3.19. The summed E-state index contributed by atoms with van der Waals surface area (Å²) in [7, 11) is 0. The van der Waals surface area contributed by atoms with E-state index in [4.69, 9.17) is 0 Å². The summed E-state index contributed by atoms with van der Waals surface area (Å²) in [5, 5.41) is 0. The van der Waals surface area contributed by atoms with Crippen LogP contribution in [0.5, 0.6) is 0 Å². The Morgan fingerprint density at radius 1 is 1.20 bits per heavy atom. The minimum atomic E-state index is 0.362. The third-order valence-corrected chi connectivity index (χ3v) is 3.62. The van der Waals surface area contributed by atoms with Crippen molar-refractivity contribution >= 4 is 6.29 Å². The van der Waals surface area contributed by atoms with E-state index in [1.165, 1.54) is 16.7 Å². The van der Waals surface area contributed by atoms with E-state index in [1.807, 2.05) is 6.92 Å². The van der Waals surface area contributed by atoms with Crippen LogP contribution >= 0.6 is 0 Å². The molecule has 0 amide bonds. The molecule has 1 aliphatic rings. The first-order valence-corrected chi connectivity index (χ1v) is 5.52. The summed E-state index contributed by atoms with van der Waals surface area (Å²) in [6, 6.07) is 2.08. The number of rotatable bonds is 1. The van der Waals surface area contributed by atoms with Gasteiger partial charge in [0, 0.05) is 5.56 Å². The standard InChI is InChI=1S/C14H18O/c1-9-10(2)13-7-14(3,4)6-11(13)5-12(9)8-15/h5,8H,6-7H2,1-4H3. The van der Waals surface area contributed by atoms with Gasteiger partial charge in [-0.05, 0) is 60.4 Å². The van der Waals surface area contributed by atoms with Crippen LogP contribution in [-0.4, -0.2) is 6.29 Å². The molecule has 0 radical (unpaired) electrons. The first-order valence-electron chi connectivity index (χ1n) is 5.52. The molecule has 0 saturated carbocycles. The highest BCUT2D eigenvalue weighted by Gasteiger charge is 2.30. The number of benzene rings is 1. The molecule has 0 aliphatic heterocycles. The molecule has 0 unspecified atom stereocenters. The van der Waals surface area contributed by atoms with Gasteiger partial charge >= 0.3 is 0 Å². The van der Waals surface area contributed by atoms with Crippen LogP contribution in [0, 0.1) is 19.3 Å². The van der Waals surface area contributed by atoms with Crippen LogP contribution in [0.1, 0.15) is 46.5 Å². The predicted octanol–water partition coefficient (Wildman–Crippen LogP) is 3.24. The molecule has 1 heteroatoms. The zero-order chi connectivity index (χ0) is 11.2. The van der Waals surface area contributed by atoms with E-state index in [-0.39, 0.29) is 0 Å². The predicted molar refractivity (Wildman–Crippen MR) is 62.5 cm³/mol. The lowest BCUT2D eigenvalue weighted by Gasteiger charge is -2.15. The van der Waals surface area contributed by atoms with Gasteiger partial charge in [-0.3, -0.25) is 4.79 Å². The fraction of sp³-hybridized carbons (Fsp3) is 0.500. The van der Waals surface area contributed by atoms with Gasteiger partial charge in [0.25, 0.3) is 0 Å². The molecule has 1 aliphatic carbocycles. The molecular weight excluding hydrogens is 184 g/mol. The molecule has 0 heterocycles. The largest absolute Gasteiger partial charge is 0.298 e. The molecule has 0 fully saturated rings. The van der Waals surface area contributed by atoms with E-state index in [0.717, 1.165) is 30.3 Å². The highest BCUT2D eigenvalue weighted by atomic mass is 16.1. The molecule has 0 atom stereocenters. The van der Waals surface area contributed by atoms with Crippen LogP contribution in [0.25, 0.3) is 0 Å². The van der Waals surface area contributed by atoms with E-state index >= 15 is 0 Å². The number of carbonyl (C=O) groups is 1. The van der Waals surface area contributed by atoms with E-state index in [2.05, 4.69) is 26.8 Å². The lowest BCUT2D eigenvalue weighted by Crippen LogP contribution is -2.09. The van der Waals surface area contributed by atoms with Crippen LogP contribution < -0.4 is 0 Å². The molecule has 0 bridgehead atoms. The highest BCUT2D eigenvalue weighted by molar-refractivity contribution is 5.79. The lowest BCUT2D eigenvalue weighted by atomic mass is 9.90. The molecular formula is C14H18O. The molecule has 1 nitrogen and oxygen atoms in total. The first-order chi connectivity index (χ1) is 6.94. The Morgan fingerprint density at radius 2 is 1.87 bits per heavy atom. The van der Waals surface area contributed by atoms with Crippen molar-refractivity contribution in [2.24, 2.45) is 5.41 Å². The van der Waals surface area contributed by atoms with Crippen LogP contribution in [0.2, 0.25) is 0 Å². The maximum absolute atomic E-state index is 10.9. The summed E-state index contributed by atoms with van der Waals surface area (Å²) in [5.41, 5.74) is 6.56. The zero-order valence-corrected chi connectivity index (χ0v) is 9.98. The summed E-state index contributed by atoms with van der Waals surface area (Å²) in [6.07, 6.45) is 3.23. The molecule has 1 aromatic carbocycles. The van der Waals surface area contributed by atoms with Gasteiger partial charge in [0.2, 0.25) is 0 Å².